The molecule has 6 nitrogen and oxygen atoms in total. The average molecular weight is 383 g/mol. The van der Waals surface area contributed by atoms with Crippen LogP contribution in [0.5, 0.6) is 0 Å². The molecular formula is C16H23BrN4O2. The van der Waals surface area contributed by atoms with Crippen LogP contribution in [0.3, 0.4) is 0 Å². The Labute approximate surface area is 145 Å². The standard InChI is InChI=1S/C16H23BrN4O2/c1-16(2,3)23-15(22)21-10-5-6-12(9-11-21)19-20-14-8-4-7-13(17)18-14/h4,7-9,19H,5-6,10-11H2,1-3H3,(H,18,20). The normalized spacial score (nSPS) is 15.5. The fourth-order valence-corrected chi connectivity index (χ4v) is 2.45. The molecule has 1 aromatic heterocycles. The molecule has 0 aliphatic carbocycles. The predicted octanol–water partition coefficient (Wildman–Crippen LogP) is 3.68. The van der Waals surface area contributed by atoms with Crippen molar-refractivity contribution < 1.29 is 9.53 Å². The van der Waals surface area contributed by atoms with Gasteiger partial charge in [-0.2, -0.15) is 0 Å². The number of hydrogen-bond donors (Lipinski definition) is 2. The molecule has 0 radical (unpaired) electrons. The van der Waals surface area contributed by atoms with Crippen molar-refractivity contribution in [3.8, 4) is 0 Å². The zero-order valence-corrected chi connectivity index (χ0v) is 15.3. The topological polar surface area (TPSA) is 66.5 Å². The maximum absolute atomic E-state index is 12.1. The number of rotatable bonds is 3. The number of carbonyl (C=O) groups excluding carboxylic acids is 1. The van der Waals surface area contributed by atoms with Crippen molar-refractivity contribution in [2.24, 2.45) is 0 Å². The first-order valence-corrected chi connectivity index (χ1v) is 8.44. The number of nitrogens with one attached hydrogen (secondary N) is 2. The van der Waals surface area contributed by atoms with E-state index in [0.717, 1.165) is 29.0 Å². The summed E-state index contributed by atoms with van der Waals surface area (Å²) in [6.45, 7) is 6.85. The van der Waals surface area contributed by atoms with Crippen LogP contribution in [0.4, 0.5) is 10.6 Å². The molecule has 0 saturated carbocycles. The first-order chi connectivity index (χ1) is 10.8. The third-order valence-corrected chi connectivity index (χ3v) is 3.59. The van der Waals surface area contributed by atoms with Crippen molar-refractivity contribution in [2.45, 2.75) is 39.2 Å². The van der Waals surface area contributed by atoms with Gasteiger partial charge in [0.2, 0.25) is 0 Å². The lowest BCUT2D eigenvalue weighted by atomic mass is 10.2. The van der Waals surface area contributed by atoms with Crippen LogP contribution in [-0.2, 0) is 4.74 Å². The minimum atomic E-state index is -0.470. The summed E-state index contributed by atoms with van der Waals surface area (Å²) in [6, 6.07) is 5.66. The number of aromatic nitrogens is 1. The first kappa shape index (κ1) is 17.6. The van der Waals surface area contributed by atoms with Gasteiger partial charge in [0.15, 0.2) is 0 Å². The monoisotopic (exact) mass is 382 g/mol. The molecule has 1 aromatic rings. The van der Waals surface area contributed by atoms with Gasteiger partial charge in [0.05, 0.1) is 0 Å². The summed E-state index contributed by atoms with van der Waals surface area (Å²) in [6.07, 6.45) is 3.48. The second-order valence-corrected chi connectivity index (χ2v) is 7.17. The Morgan fingerprint density at radius 3 is 2.83 bits per heavy atom. The number of nitrogens with zero attached hydrogens (tertiary/aromatic N) is 2. The Balaban J connectivity index is 1.88. The number of ether oxygens (including phenoxy) is 1. The van der Waals surface area contributed by atoms with E-state index < -0.39 is 5.60 Å². The highest BCUT2D eigenvalue weighted by Crippen LogP contribution is 2.15. The Morgan fingerprint density at radius 1 is 1.35 bits per heavy atom. The second kappa shape index (κ2) is 7.68. The second-order valence-electron chi connectivity index (χ2n) is 6.35. The number of allylic oxidation sites excluding steroid dienone is 1. The highest BCUT2D eigenvalue weighted by molar-refractivity contribution is 9.10. The highest BCUT2D eigenvalue weighted by atomic mass is 79.9. The van der Waals surface area contributed by atoms with Crippen LogP contribution in [0.2, 0.25) is 0 Å². The van der Waals surface area contributed by atoms with Gasteiger partial charge in [-0.1, -0.05) is 6.07 Å². The van der Waals surface area contributed by atoms with Crippen LogP contribution < -0.4 is 10.9 Å². The largest absolute Gasteiger partial charge is 0.444 e. The van der Waals surface area contributed by atoms with E-state index in [2.05, 4.69) is 31.8 Å². The lowest BCUT2D eigenvalue weighted by molar-refractivity contribution is 0.0273. The molecule has 0 bridgehead atoms. The number of anilines is 1. The summed E-state index contributed by atoms with van der Waals surface area (Å²) in [7, 11) is 0. The van der Waals surface area contributed by atoms with Gasteiger partial charge in [-0.3, -0.25) is 5.43 Å². The summed E-state index contributed by atoms with van der Waals surface area (Å²) in [4.78, 5) is 18.1. The zero-order chi connectivity index (χ0) is 16.9. The highest BCUT2D eigenvalue weighted by Gasteiger charge is 2.22. The number of hydrogen-bond acceptors (Lipinski definition) is 5. The van der Waals surface area contributed by atoms with E-state index in [1.165, 1.54) is 0 Å². The fourth-order valence-electron chi connectivity index (χ4n) is 2.10. The van der Waals surface area contributed by atoms with Crippen molar-refractivity contribution >= 4 is 27.8 Å². The molecule has 2 rings (SSSR count). The molecule has 1 aliphatic rings. The number of carbonyl (C=O) groups is 1. The van der Waals surface area contributed by atoms with E-state index in [0.29, 0.717) is 13.1 Å². The molecule has 0 fully saturated rings. The number of halogens is 1. The Hall–Kier alpha value is -1.76. The van der Waals surface area contributed by atoms with Gasteiger partial charge in [-0.05, 0) is 67.8 Å². The zero-order valence-electron chi connectivity index (χ0n) is 13.7. The van der Waals surface area contributed by atoms with Crippen molar-refractivity contribution in [2.75, 3.05) is 18.5 Å². The molecule has 7 heteroatoms. The molecule has 2 heterocycles. The maximum Gasteiger partial charge on any atom is 0.410 e. The lowest BCUT2D eigenvalue weighted by Crippen LogP contribution is -2.37. The first-order valence-electron chi connectivity index (χ1n) is 7.65. The van der Waals surface area contributed by atoms with Crippen molar-refractivity contribution in [3.63, 3.8) is 0 Å². The van der Waals surface area contributed by atoms with Crippen LogP contribution in [-0.4, -0.2) is 34.7 Å². The molecule has 126 valence electrons. The average Bonchev–Trinajstić information content (AvgIpc) is 2.69. The van der Waals surface area contributed by atoms with Gasteiger partial charge in [0.1, 0.15) is 16.0 Å². The fraction of sp³-hybridized carbons (Fsp3) is 0.500. The maximum atomic E-state index is 12.1. The smallest absolute Gasteiger partial charge is 0.410 e. The molecule has 1 aliphatic heterocycles. The molecule has 2 N–H and O–H groups in total. The minimum Gasteiger partial charge on any atom is -0.444 e. The number of hydrazine groups is 1. The van der Waals surface area contributed by atoms with E-state index in [1.54, 1.807) is 4.90 Å². The minimum absolute atomic E-state index is 0.267. The van der Waals surface area contributed by atoms with Crippen LogP contribution in [0, 0.1) is 0 Å². The van der Waals surface area contributed by atoms with Crippen LogP contribution in [0.25, 0.3) is 0 Å². The Morgan fingerprint density at radius 2 is 2.13 bits per heavy atom. The van der Waals surface area contributed by atoms with Crippen molar-refractivity contribution in [3.05, 3.63) is 34.6 Å². The molecule has 0 saturated heterocycles. The van der Waals surface area contributed by atoms with Gasteiger partial charge in [0.25, 0.3) is 0 Å². The van der Waals surface area contributed by atoms with E-state index in [4.69, 9.17) is 4.74 Å². The van der Waals surface area contributed by atoms with Gasteiger partial charge in [0, 0.05) is 18.8 Å². The van der Waals surface area contributed by atoms with E-state index in [1.807, 2.05) is 45.0 Å². The molecule has 0 aromatic carbocycles. The molecule has 1 amide bonds. The SMILES string of the molecule is CC(C)(C)OC(=O)N1CC=C(NNc2cccc(Br)n2)CCC1. The summed E-state index contributed by atoms with van der Waals surface area (Å²) in [5.74, 6) is 0.730. The van der Waals surface area contributed by atoms with E-state index in [-0.39, 0.29) is 6.09 Å². The quantitative estimate of drug-likeness (QED) is 0.616. The summed E-state index contributed by atoms with van der Waals surface area (Å²) in [5, 5.41) is 0. The molecule has 0 atom stereocenters. The molecule has 0 spiro atoms. The number of pyridine rings is 1. The summed E-state index contributed by atoms with van der Waals surface area (Å²) in [5.41, 5.74) is 6.80. The Kier molecular flexibility index (Phi) is 5.87. The van der Waals surface area contributed by atoms with Crippen LogP contribution in [0.1, 0.15) is 33.6 Å². The van der Waals surface area contributed by atoms with Crippen molar-refractivity contribution in [1.82, 2.24) is 15.3 Å². The van der Waals surface area contributed by atoms with E-state index >= 15 is 0 Å². The Bertz CT molecular complexity index is 584. The number of amides is 1. The van der Waals surface area contributed by atoms with Gasteiger partial charge >= 0.3 is 6.09 Å². The van der Waals surface area contributed by atoms with Crippen LogP contribution in [0.15, 0.2) is 34.6 Å². The summed E-state index contributed by atoms with van der Waals surface area (Å²) >= 11 is 3.34. The molecule has 0 unspecified atom stereocenters. The van der Waals surface area contributed by atoms with E-state index in [9.17, 15) is 4.79 Å². The van der Waals surface area contributed by atoms with Crippen LogP contribution >= 0.6 is 15.9 Å². The third-order valence-electron chi connectivity index (χ3n) is 3.15. The summed E-state index contributed by atoms with van der Waals surface area (Å²) < 4.78 is 6.19. The van der Waals surface area contributed by atoms with Gasteiger partial charge < -0.3 is 15.1 Å². The lowest BCUT2D eigenvalue weighted by Gasteiger charge is -2.25. The van der Waals surface area contributed by atoms with Gasteiger partial charge in [-0.25, -0.2) is 9.78 Å². The molecular weight excluding hydrogens is 360 g/mol. The van der Waals surface area contributed by atoms with Gasteiger partial charge in [-0.15, -0.1) is 0 Å². The van der Waals surface area contributed by atoms with Crippen molar-refractivity contribution in [1.29, 1.82) is 0 Å². The molecule has 23 heavy (non-hydrogen) atoms. The predicted molar refractivity (Wildman–Crippen MR) is 93.8 cm³/mol. The third kappa shape index (κ3) is 6.09.